The molecule has 0 unspecified atom stereocenters. The summed E-state index contributed by atoms with van der Waals surface area (Å²) in [4.78, 5) is -0.108. The van der Waals surface area contributed by atoms with Crippen LogP contribution in [-0.2, 0) is 10.1 Å². The second-order valence-electron chi connectivity index (χ2n) is 3.70. The van der Waals surface area contributed by atoms with Crippen molar-refractivity contribution in [2.45, 2.75) is 39.5 Å². The van der Waals surface area contributed by atoms with Crippen molar-refractivity contribution < 1.29 is 13.0 Å². The summed E-state index contributed by atoms with van der Waals surface area (Å²) in [5, 5.41) is 1.62. The Balaban J connectivity index is 0.000000829. The Morgan fingerprint density at radius 3 is 2.05 bits per heavy atom. The van der Waals surface area contributed by atoms with Crippen molar-refractivity contribution in [1.82, 2.24) is 0 Å². The molecule has 0 aromatic heterocycles. The molecule has 0 aliphatic heterocycles. The summed E-state index contributed by atoms with van der Waals surface area (Å²) in [6.07, 6.45) is 0. The molecule has 0 bridgehead atoms. The molecule has 20 heavy (non-hydrogen) atoms. The van der Waals surface area contributed by atoms with E-state index in [9.17, 15) is 8.42 Å². The van der Waals surface area contributed by atoms with Gasteiger partial charge in [0.25, 0.3) is 10.1 Å². The molecule has 3 N–H and O–H groups in total. The highest BCUT2D eigenvalue weighted by molar-refractivity contribution is 7.85. The van der Waals surface area contributed by atoms with Gasteiger partial charge in [-0.15, -0.1) is 0 Å². The molecule has 0 fully saturated rings. The highest BCUT2D eigenvalue weighted by atomic mass is 32.2. The van der Waals surface area contributed by atoms with Crippen LogP contribution in [0.2, 0.25) is 0 Å². The van der Waals surface area contributed by atoms with Crippen LogP contribution >= 0.6 is 0 Å². The first kappa shape index (κ1) is 18.4. The second kappa shape index (κ2) is 7.87. The van der Waals surface area contributed by atoms with Crippen LogP contribution in [0.25, 0.3) is 10.8 Å². The number of hydrogen-bond acceptors (Lipinski definition) is 3. The molecule has 0 heterocycles. The molecule has 0 saturated heterocycles. The lowest BCUT2D eigenvalue weighted by molar-refractivity contribution is 0.483. The van der Waals surface area contributed by atoms with Crippen LogP contribution < -0.4 is 5.73 Å². The van der Waals surface area contributed by atoms with Crippen LogP contribution in [0.1, 0.15) is 33.3 Å². The number of nitrogens with two attached hydrogens (primary N) is 1. The fourth-order valence-corrected chi connectivity index (χ4v) is 2.30. The van der Waals surface area contributed by atoms with Gasteiger partial charge >= 0.3 is 0 Å². The zero-order valence-electron chi connectivity index (χ0n) is 12.6. The maximum atomic E-state index is 11.0. The van der Waals surface area contributed by atoms with E-state index in [0.717, 1.165) is 10.9 Å². The normalized spacial score (nSPS) is 10.1. The third kappa shape index (κ3) is 4.51. The predicted molar refractivity (Wildman–Crippen MR) is 85.6 cm³/mol. The maximum absolute atomic E-state index is 11.0. The summed E-state index contributed by atoms with van der Waals surface area (Å²) < 4.78 is 31.1. The number of aryl methyl sites for hydroxylation is 1. The Morgan fingerprint density at radius 1 is 1.00 bits per heavy atom. The number of hydrogen-bond donors (Lipinski definition) is 2. The van der Waals surface area contributed by atoms with Gasteiger partial charge in [0.15, 0.2) is 0 Å². The minimum absolute atomic E-state index is 0.108. The largest absolute Gasteiger partial charge is 0.399 e. The lowest BCUT2D eigenvalue weighted by Crippen LogP contribution is -1.99. The smallest absolute Gasteiger partial charge is 0.294 e. The van der Waals surface area contributed by atoms with E-state index in [1.807, 2.05) is 33.8 Å². The van der Waals surface area contributed by atoms with Crippen molar-refractivity contribution in [2.24, 2.45) is 0 Å². The van der Waals surface area contributed by atoms with Crippen LogP contribution in [0, 0.1) is 6.92 Å². The van der Waals surface area contributed by atoms with Crippen LogP contribution in [0.3, 0.4) is 0 Å². The summed E-state index contributed by atoms with van der Waals surface area (Å²) in [6.45, 7) is 9.78. The SMILES string of the molecule is CC.CC.Cc1cc(S(=O)(=O)O)cc2cc(N)ccc12. The second-order valence-corrected chi connectivity index (χ2v) is 5.12. The maximum Gasteiger partial charge on any atom is 0.294 e. The first-order valence-electron chi connectivity index (χ1n) is 6.65. The molecule has 0 amide bonds. The van der Waals surface area contributed by atoms with Crippen LogP contribution in [0.15, 0.2) is 35.2 Å². The van der Waals surface area contributed by atoms with Gasteiger partial charge in [0.05, 0.1) is 4.90 Å². The van der Waals surface area contributed by atoms with Gasteiger partial charge in [0.2, 0.25) is 0 Å². The molecular formula is C15H23NO3S. The molecule has 4 nitrogen and oxygen atoms in total. The quantitative estimate of drug-likeness (QED) is 0.615. The molecule has 0 saturated carbocycles. The van der Waals surface area contributed by atoms with E-state index < -0.39 is 10.1 Å². The number of fused-ring (bicyclic) bond motifs is 1. The van der Waals surface area contributed by atoms with E-state index in [0.29, 0.717) is 11.1 Å². The Bertz CT molecular complexity index is 664. The van der Waals surface area contributed by atoms with E-state index in [2.05, 4.69) is 0 Å². The molecule has 0 spiro atoms. The third-order valence-electron chi connectivity index (χ3n) is 2.45. The zero-order chi connectivity index (χ0) is 15.9. The molecule has 5 heteroatoms. The molecular weight excluding hydrogens is 274 g/mol. The number of anilines is 1. The number of benzene rings is 2. The molecule has 112 valence electrons. The van der Waals surface area contributed by atoms with E-state index >= 15 is 0 Å². The van der Waals surface area contributed by atoms with Gasteiger partial charge in [0.1, 0.15) is 0 Å². The Hall–Kier alpha value is -1.59. The number of rotatable bonds is 1. The summed E-state index contributed by atoms with van der Waals surface area (Å²) in [5.41, 5.74) is 6.96. The first-order valence-corrected chi connectivity index (χ1v) is 8.09. The lowest BCUT2D eigenvalue weighted by atomic mass is 10.1. The summed E-state index contributed by atoms with van der Waals surface area (Å²) >= 11 is 0. The zero-order valence-corrected chi connectivity index (χ0v) is 13.5. The van der Waals surface area contributed by atoms with Gasteiger partial charge in [-0.25, -0.2) is 0 Å². The predicted octanol–water partition coefficient (Wildman–Crippen LogP) is 4.03. The molecule has 2 aromatic rings. The van der Waals surface area contributed by atoms with Crippen LogP contribution in [-0.4, -0.2) is 13.0 Å². The average Bonchev–Trinajstić information content (AvgIpc) is 2.41. The monoisotopic (exact) mass is 297 g/mol. The summed E-state index contributed by atoms with van der Waals surface area (Å²) in [7, 11) is -4.17. The van der Waals surface area contributed by atoms with E-state index in [-0.39, 0.29) is 4.90 Å². The van der Waals surface area contributed by atoms with Crippen molar-refractivity contribution in [3.63, 3.8) is 0 Å². The molecule has 2 rings (SSSR count). The third-order valence-corrected chi connectivity index (χ3v) is 3.29. The van der Waals surface area contributed by atoms with Gasteiger partial charge in [-0.1, -0.05) is 33.8 Å². The van der Waals surface area contributed by atoms with Gasteiger partial charge < -0.3 is 5.73 Å². The van der Waals surface area contributed by atoms with Crippen molar-refractivity contribution in [2.75, 3.05) is 5.73 Å². The molecule has 0 aliphatic rings. The Morgan fingerprint density at radius 2 is 1.55 bits per heavy atom. The first-order chi connectivity index (χ1) is 9.38. The van der Waals surface area contributed by atoms with E-state index in [4.69, 9.17) is 10.3 Å². The Kier molecular flexibility index (Phi) is 7.24. The van der Waals surface area contributed by atoms with Gasteiger partial charge in [0, 0.05) is 5.69 Å². The van der Waals surface area contributed by atoms with Gasteiger partial charge in [-0.05, 0) is 47.5 Å². The molecule has 2 aromatic carbocycles. The highest BCUT2D eigenvalue weighted by Crippen LogP contribution is 2.24. The lowest BCUT2D eigenvalue weighted by Gasteiger charge is -2.06. The standard InChI is InChI=1S/C11H11NO3S.2C2H6/c1-7-4-10(16(13,14)15)6-8-5-9(12)2-3-11(7)8;2*1-2/h2-6H,12H2,1H3,(H,13,14,15);2*1-2H3. The van der Waals surface area contributed by atoms with E-state index in [1.165, 1.54) is 12.1 Å². The van der Waals surface area contributed by atoms with Crippen molar-refractivity contribution in [1.29, 1.82) is 0 Å². The molecule has 0 radical (unpaired) electrons. The van der Waals surface area contributed by atoms with E-state index in [1.54, 1.807) is 19.1 Å². The molecule has 0 atom stereocenters. The average molecular weight is 297 g/mol. The van der Waals surface area contributed by atoms with Crippen molar-refractivity contribution in [3.8, 4) is 0 Å². The van der Waals surface area contributed by atoms with Crippen LogP contribution in [0.5, 0.6) is 0 Å². The number of nitrogen functional groups attached to an aromatic ring is 1. The Labute approximate surface area is 121 Å². The van der Waals surface area contributed by atoms with Gasteiger partial charge in [-0.3, -0.25) is 4.55 Å². The topological polar surface area (TPSA) is 80.4 Å². The fraction of sp³-hybridized carbons (Fsp3) is 0.333. The van der Waals surface area contributed by atoms with Crippen molar-refractivity contribution >= 4 is 26.6 Å². The fourth-order valence-electron chi connectivity index (χ4n) is 1.69. The summed E-state index contributed by atoms with van der Waals surface area (Å²) in [6, 6.07) is 8.11. The molecule has 0 aliphatic carbocycles. The highest BCUT2D eigenvalue weighted by Gasteiger charge is 2.11. The minimum Gasteiger partial charge on any atom is -0.399 e. The van der Waals surface area contributed by atoms with Crippen molar-refractivity contribution in [3.05, 3.63) is 35.9 Å². The summed E-state index contributed by atoms with van der Waals surface area (Å²) in [5.74, 6) is 0. The van der Waals surface area contributed by atoms with Gasteiger partial charge in [-0.2, -0.15) is 8.42 Å². The minimum atomic E-state index is -4.17. The van der Waals surface area contributed by atoms with Crippen LogP contribution in [0.4, 0.5) is 5.69 Å².